The standard InChI is InChI=1S/C20H30N6O2/c1-25-10-16(9-23-25)26-3-2-17(18(26)27)24-19(28)22-11-20(21)14-5-12-4-13(7-14)8-15(20)6-12/h9-10,12-15,17H,2-8,11,21H2,1H3,(H2,22,24,28). The number of hydrogen-bond acceptors (Lipinski definition) is 4. The third kappa shape index (κ3) is 2.89. The van der Waals surface area contributed by atoms with E-state index in [9.17, 15) is 9.59 Å². The molecule has 1 aliphatic heterocycles. The molecule has 28 heavy (non-hydrogen) atoms. The van der Waals surface area contributed by atoms with Crippen molar-refractivity contribution in [1.82, 2.24) is 20.4 Å². The lowest BCUT2D eigenvalue weighted by Gasteiger charge is -2.59. The Balaban J connectivity index is 1.17. The number of nitrogens with one attached hydrogen (secondary N) is 2. The summed E-state index contributed by atoms with van der Waals surface area (Å²) in [7, 11) is 1.82. The molecule has 2 heterocycles. The molecule has 3 amide bonds. The molecule has 8 heteroatoms. The Bertz CT molecular complexity index is 761. The van der Waals surface area contributed by atoms with E-state index in [1.807, 2.05) is 13.2 Å². The number of amides is 3. The maximum atomic E-state index is 12.6. The number of nitrogens with two attached hydrogens (primary N) is 1. The predicted octanol–water partition coefficient (Wildman–Crippen LogP) is 0.978. The molecular weight excluding hydrogens is 356 g/mol. The van der Waals surface area contributed by atoms with Crippen LogP contribution < -0.4 is 21.3 Å². The van der Waals surface area contributed by atoms with E-state index in [4.69, 9.17) is 5.73 Å². The second-order valence-electron chi connectivity index (χ2n) is 9.45. The van der Waals surface area contributed by atoms with Crippen molar-refractivity contribution in [2.45, 2.75) is 50.1 Å². The van der Waals surface area contributed by atoms with Crippen LogP contribution in [-0.4, -0.2) is 46.4 Å². The Labute approximate surface area is 165 Å². The van der Waals surface area contributed by atoms with Crippen LogP contribution in [0.15, 0.2) is 12.4 Å². The first kappa shape index (κ1) is 18.0. The van der Waals surface area contributed by atoms with E-state index >= 15 is 0 Å². The normalized spacial score (nSPS) is 38.9. The highest BCUT2D eigenvalue weighted by molar-refractivity contribution is 6.01. The molecule has 4 N–H and O–H groups in total. The van der Waals surface area contributed by atoms with Gasteiger partial charge in [-0.3, -0.25) is 9.48 Å². The van der Waals surface area contributed by atoms with Gasteiger partial charge in [-0.2, -0.15) is 5.10 Å². The van der Waals surface area contributed by atoms with E-state index < -0.39 is 6.04 Å². The van der Waals surface area contributed by atoms with Gasteiger partial charge in [0, 0.05) is 31.9 Å². The number of aromatic nitrogens is 2. The van der Waals surface area contributed by atoms with Crippen molar-refractivity contribution in [3.05, 3.63) is 12.4 Å². The quantitative estimate of drug-likeness (QED) is 0.717. The summed E-state index contributed by atoms with van der Waals surface area (Å²) in [6, 6.07) is -0.780. The molecule has 1 aromatic rings. The summed E-state index contributed by atoms with van der Waals surface area (Å²) in [5.41, 5.74) is 7.33. The van der Waals surface area contributed by atoms with Crippen molar-refractivity contribution in [2.24, 2.45) is 36.5 Å². The average Bonchev–Trinajstić information content (AvgIpc) is 3.23. The number of urea groups is 1. The lowest BCUT2D eigenvalue weighted by molar-refractivity contribution is -0.118. The molecule has 0 spiro atoms. The first-order valence-electron chi connectivity index (χ1n) is 10.6. The number of carbonyl (C=O) groups is 2. The summed E-state index contributed by atoms with van der Waals surface area (Å²) in [5.74, 6) is 2.67. The first-order valence-corrected chi connectivity index (χ1v) is 10.6. The molecule has 1 saturated heterocycles. The van der Waals surface area contributed by atoms with E-state index in [1.165, 1.54) is 32.1 Å². The molecule has 4 aliphatic carbocycles. The van der Waals surface area contributed by atoms with Gasteiger partial charge in [0.15, 0.2) is 0 Å². The molecule has 5 aliphatic rings. The van der Waals surface area contributed by atoms with E-state index in [-0.39, 0.29) is 17.5 Å². The van der Waals surface area contributed by atoms with Crippen LogP contribution in [0.1, 0.15) is 38.5 Å². The summed E-state index contributed by atoms with van der Waals surface area (Å²) < 4.78 is 1.67. The second kappa shape index (κ2) is 6.47. The predicted molar refractivity (Wildman–Crippen MR) is 104 cm³/mol. The lowest BCUT2D eigenvalue weighted by atomic mass is 9.49. The Morgan fingerprint density at radius 1 is 1.25 bits per heavy atom. The van der Waals surface area contributed by atoms with E-state index in [0.29, 0.717) is 31.3 Å². The van der Waals surface area contributed by atoms with Gasteiger partial charge in [0.05, 0.1) is 11.9 Å². The fourth-order valence-corrected chi connectivity index (χ4v) is 6.41. The van der Waals surface area contributed by atoms with Crippen LogP contribution in [0.2, 0.25) is 0 Å². The molecule has 0 aromatic carbocycles. The van der Waals surface area contributed by atoms with Gasteiger partial charge in [-0.15, -0.1) is 0 Å². The fourth-order valence-electron chi connectivity index (χ4n) is 6.41. The van der Waals surface area contributed by atoms with Crippen molar-refractivity contribution < 1.29 is 9.59 Å². The number of aryl methyl sites for hydroxylation is 1. The Hall–Kier alpha value is -2.09. The molecule has 6 rings (SSSR count). The number of rotatable bonds is 4. The monoisotopic (exact) mass is 386 g/mol. The SMILES string of the molecule is Cn1cc(N2CCC(NC(=O)NCC3(N)C4CC5CC(C4)CC3C5)C2=O)cn1. The molecule has 1 unspecified atom stereocenters. The highest BCUT2D eigenvalue weighted by atomic mass is 16.2. The van der Waals surface area contributed by atoms with Crippen molar-refractivity contribution >= 4 is 17.6 Å². The summed E-state index contributed by atoms with van der Waals surface area (Å²) in [5, 5.41) is 9.96. The molecular formula is C20H30N6O2. The van der Waals surface area contributed by atoms with Gasteiger partial charge in [0.25, 0.3) is 0 Å². The zero-order valence-corrected chi connectivity index (χ0v) is 16.4. The van der Waals surface area contributed by atoms with Crippen molar-refractivity contribution in [3.63, 3.8) is 0 Å². The Kier molecular flexibility index (Phi) is 4.15. The van der Waals surface area contributed by atoms with E-state index in [0.717, 1.165) is 17.5 Å². The minimum atomic E-state index is -0.493. The van der Waals surface area contributed by atoms with Gasteiger partial charge >= 0.3 is 6.03 Å². The van der Waals surface area contributed by atoms with Gasteiger partial charge in [-0.05, 0) is 62.2 Å². The van der Waals surface area contributed by atoms with Gasteiger partial charge in [0.2, 0.25) is 5.91 Å². The van der Waals surface area contributed by atoms with Crippen LogP contribution in [0.4, 0.5) is 10.5 Å². The maximum Gasteiger partial charge on any atom is 0.315 e. The summed E-state index contributed by atoms with van der Waals surface area (Å²) in [4.78, 5) is 26.8. The summed E-state index contributed by atoms with van der Waals surface area (Å²) in [6.07, 6.45) is 10.3. The molecule has 4 bridgehead atoms. The van der Waals surface area contributed by atoms with Crippen LogP contribution >= 0.6 is 0 Å². The Morgan fingerprint density at radius 3 is 2.54 bits per heavy atom. The summed E-state index contributed by atoms with van der Waals surface area (Å²) >= 11 is 0. The molecule has 5 fully saturated rings. The number of carbonyl (C=O) groups excluding carboxylic acids is 2. The number of nitrogens with zero attached hydrogens (tertiary/aromatic N) is 3. The smallest absolute Gasteiger partial charge is 0.315 e. The molecule has 0 radical (unpaired) electrons. The van der Waals surface area contributed by atoms with Gasteiger partial charge < -0.3 is 21.3 Å². The molecule has 1 atom stereocenters. The fraction of sp³-hybridized carbons (Fsp3) is 0.750. The van der Waals surface area contributed by atoms with Gasteiger partial charge in [0.1, 0.15) is 6.04 Å². The lowest BCUT2D eigenvalue weighted by Crippen LogP contribution is -2.67. The average molecular weight is 387 g/mol. The van der Waals surface area contributed by atoms with Crippen LogP contribution in [0, 0.1) is 23.7 Å². The summed E-state index contributed by atoms with van der Waals surface area (Å²) in [6.45, 7) is 1.09. The second-order valence-corrected chi connectivity index (χ2v) is 9.45. The van der Waals surface area contributed by atoms with Crippen molar-refractivity contribution in [1.29, 1.82) is 0 Å². The zero-order valence-electron chi connectivity index (χ0n) is 16.4. The van der Waals surface area contributed by atoms with E-state index in [2.05, 4.69) is 15.7 Å². The molecule has 8 nitrogen and oxygen atoms in total. The third-order valence-corrected chi connectivity index (χ3v) is 7.73. The Morgan fingerprint density at radius 2 is 1.93 bits per heavy atom. The minimum absolute atomic E-state index is 0.0831. The van der Waals surface area contributed by atoms with Crippen LogP contribution in [0.3, 0.4) is 0 Å². The zero-order chi connectivity index (χ0) is 19.5. The van der Waals surface area contributed by atoms with Crippen molar-refractivity contribution in [3.8, 4) is 0 Å². The molecule has 152 valence electrons. The highest BCUT2D eigenvalue weighted by Gasteiger charge is 2.55. The van der Waals surface area contributed by atoms with Gasteiger partial charge in [-0.25, -0.2) is 4.79 Å². The minimum Gasteiger partial charge on any atom is -0.336 e. The molecule has 4 saturated carbocycles. The van der Waals surface area contributed by atoms with Crippen molar-refractivity contribution in [2.75, 3.05) is 18.0 Å². The topological polar surface area (TPSA) is 105 Å². The van der Waals surface area contributed by atoms with Crippen LogP contribution in [0.5, 0.6) is 0 Å². The van der Waals surface area contributed by atoms with Crippen LogP contribution in [-0.2, 0) is 11.8 Å². The first-order chi connectivity index (χ1) is 13.4. The van der Waals surface area contributed by atoms with Crippen LogP contribution in [0.25, 0.3) is 0 Å². The third-order valence-electron chi connectivity index (χ3n) is 7.73. The maximum absolute atomic E-state index is 12.6. The highest BCUT2D eigenvalue weighted by Crippen LogP contribution is 2.57. The van der Waals surface area contributed by atoms with E-state index in [1.54, 1.807) is 15.8 Å². The number of anilines is 1. The number of hydrogen-bond donors (Lipinski definition) is 3. The van der Waals surface area contributed by atoms with Gasteiger partial charge in [-0.1, -0.05) is 0 Å². The molecule has 1 aromatic heterocycles. The largest absolute Gasteiger partial charge is 0.336 e.